The molecular weight excluding hydrogens is 220 g/mol. The summed E-state index contributed by atoms with van der Waals surface area (Å²) in [4.78, 5) is 0. The molecular formula is C14H19F2N. The van der Waals surface area contributed by atoms with E-state index in [1.807, 2.05) is 0 Å². The molecule has 1 nitrogen and oxygen atoms in total. The minimum atomic E-state index is -0.743. The summed E-state index contributed by atoms with van der Waals surface area (Å²) in [5.41, 5.74) is 0.469. The van der Waals surface area contributed by atoms with Gasteiger partial charge in [0.15, 0.2) is 11.6 Å². The first-order chi connectivity index (χ1) is 8.17. The Balaban J connectivity index is 2.20. The SMILES string of the molecule is CCCC1(Cc2cccc(F)c2F)CCCN1. The van der Waals surface area contributed by atoms with Gasteiger partial charge in [0.2, 0.25) is 0 Å². The van der Waals surface area contributed by atoms with Gasteiger partial charge in [0.1, 0.15) is 0 Å². The third-order valence-electron chi connectivity index (χ3n) is 3.62. The highest BCUT2D eigenvalue weighted by atomic mass is 19.2. The fourth-order valence-electron chi connectivity index (χ4n) is 2.85. The molecule has 0 radical (unpaired) electrons. The molecule has 0 spiro atoms. The molecule has 0 saturated carbocycles. The van der Waals surface area contributed by atoms with Crippen LogP contribution >= 0.6 is 0 Å². The van der Waals surface area contributed by atoms with Crippen LogP contribution < -0.4 is 5.32 Å². The first kappa shape index (κ1) is 12.5. The molecule has 94 valence electrons. The van der Waals surface area contributed by atoms with Crippen molar-refractivity contribution in [2.45, 2.75) is 44.6 Å². The van der Waals surface area contributed by atoms with Gasteiger partial charge in [-0.1, -0.05) is 25.5 Å². The summed E-state index contributed by atoms with van der Waals surface area (Å²) in [7, 11) is 0. The van der Waals surface area contributed by atoms with E-state index < -0.39 is 11.6 Å². The van der Waals surface area contributed by atoms with Crippen molar-refractivity contribution in [3.05, 3.63) is 35.4 Å². The Kier molecular flexibility index (Phi) is 3.77. The third-order valence-corrected chi connectivity index (χ3v) is 3.62. The van der Waals surface area contributed by atoms with E-state index in [1.165, 1.54) is 6.07 Å². The molecule has 1 aromatic rings. The second-order valence-electron chi connectivity index (χ2n) is 4.95. The summed E-state index contributed by atoms with van der Waals surface area (Å²) < 4.78 is 26.8. The van der Waals surface area contributed by atoms with Crippen LogP contribution in [-0.2, 0) is 6.42 Å². The predicted molar refractivity (Wildman–Crippen MR) is 64.9 cm³/mol. The summed E-state index contributed by atoms with van der Waals surface area (Å²) in [6, 6.07) is 4.45. The minimum absolute atomic E-state index is 0.0244. The summed E-state index contributed by atoms with van der Waals surface area (Å²) >= 11 is 0. The third kappa shape index (κ3) is 2.65. The standard InChI is InChI=1S/C14H19F2N/c1-2-7-14(8-4-9-17-14)10-11-5-3-6-12(15)13(11)16/h3,5-6,17H,2,4,7-10H2,1H3. The molecule has 0 aliphatic carbocycles. The molecule has 1 saturated heterocycles. The van der Waals surface area contributed by atoms with Crippen LogP contribution in [-0.4, -0.2) is 12.1 Å². The van der Waals surface area contributed by atoms with Gasteiger partial charge >= 0.3 is 0 Å². The molecule has 0 aromatic heterocycles. The lowest BCUT2D eigenvalue weighted by Gasteiger charge is -2.29. The van der Waals surface area contributed by atoms with E-state index in [0.29, 0.717) is 12.0 Å². The van der Waals surface area contributed by atoms with Crippen LogP contribution in [0.4, 0.5) is 8.78 Å². The molecule has 1 unspecified atom stereocenters. The Bertz CT molecular complexity index is 384. The van der Waals surface area contributed by atoms with E-state index in [4.69, 9.17) is 0 Å². The smallest absolute Gasteiger partial charge is 0.162 e. The normalized spacial score (nSPS) is 24.2. The average molecular weight is 239 g/mol. The molecule has 1 fully saturated rings. The zero-order chi connectivity index (χ0) is 12.3. The molecule has 1 atom stereocenters. The van der Waals surface area contributed by atoms with Crippen LogP contribution in [0, 0.1) is 11.6 Å². The van der Waals surface area contributed by atoms with Crippen LogP contribution in [0.25, 0.3) is 0 Å². The molecule has 1 aliphatic rings. The topological polar surface area (TPSA) is 12.0 Å². The van der Waals surface area contributed by atoms with Crippen LogP contribution in [0.1, 0.15) is 38.2 Å². The largest absolute Gasteiger partial charge is 0.311 e. The van der Waals surface area contributed by atoms with Crippen molar-refractivity contribution in [3.8, 4) is 0 Å². The maximum absolute atomic E-state index is 13.7. The summed E-state index contributed by atoms with van der Waals surface area (Å²) in [6.07, 6.45) is 4.84. The zero-order valence-corrected chi connectivity index (χ0v) is 10.2. The molecule has 17 heavy (non-hydrogen) atoms. The van der Waals surface area contributed by atoms with Gasteiger partial charge in [-0.3, -0.25) is 0 Å². The highest BCUT2D eigenvalue weighted by molar-refractivity contribution is 5.22. The van der Waals surface area contributed by atoms with Crippen molar-refractivity contribution in [2.75, 3.05) is 6.54 Å². The van der Waals surface area contributed by atoms with Gasteiger partial charge in [-0.2, -0.15) is 0 Å². The first-order valence-corrected chi connectivity index (χ1v) is 6.35. The van der Waals surface area contributed by atoms with Gasteiger partial charge < -0.3 is 5.32 Å². The second-order valence-corrected chi connectivity index (χ2v) is 4.95. The van der Waals surface area contributed by atoms with Crippen molar-refractivity contribution in [3.63, 3.8) is 0 Å². The lowest BCUT2D eigenvalue weighted by atomic mass is 9.85. The maximum atomic E-state index is 13.7. The zero-order valence-electron chi connectivity index (χ0n) is 10.2. The molecule has 1 N–H and O–H groups in total. The molecule has 3 heteroatoms. The minimum Gasteiger partial charge on any atom is -0.311 e. The lowest BCUT2D eigenvalue weighted by Crippen LogP contribution is -2.42. The van der Waals surface area contributed by atoms with Crippen LogP contribution in [0.2, 0.25) is 0 Å². The maximum Gasteiger partial charge on any atom is 0.162 e. The quantitative estimate of drug-likeness (QED) is 0.848. The van der Waals surface area contributed by atoms with Crippen LogP contribution in [0.3, 0.4) is 0 Å². The molecule has 0 bridgehead atoms. The van der Waals surface area contributed by atoms with E-state index in [0.717, 1.165) is 32.2 Å². The van der Waals surface area contributed by atoms with E-state index >= 15 is 0 Å². The molecule has 1 heterocycles. The number of benzene rings is 1. The summed E-state index contributed by atoms with van der Waals surface area (Å²) in [5, 5.41) is 3.48. The van der Waals surface area contributed by atoms with E-state index in [-0.39, 0.29) is 5.54 Å². The van der Waals surface area contributed by atoms with E-state index in [1.54, 1.807) is 12.1 Å². The number of halogens is 2. The predicted octanol–water partition coefficient (Wildman–Crippen LogP) is 3.43. The van der Waals surface area contributed by atoms with Crippen molar-refractivity contribution < 1.29 is 8.78 Å². The second kappa shape index (κ2) is 5.13. The number of hydrogen-bond acceptors (Lipinski definition) is 1. The number of nitrogens with one attached hydrogen (secondary N) is 1. The summed E-state index contributed by atoms with van der Waals surface area (Å²) in [6.45, 7) is 3.11. The van der Waals surface area contributed by atoms with Crippen molar-refractivity contribution >= 4 is 0 Å². The van der Waals surface area contributed by atoms with Crippen molar-refractivity contribution in [1.82, 2.24) is 5.32 Å². The van der Waals surface area contributed by atoms with E-state index in [9.17, 15) is 8.78 Å². The molecule has 0 amide bonds. The number of rotatable bonds is 4. The molecule has 1 aromatic carbocycles. The summed E-state index contributed by atoms with van der Waals surface area (Å²) in [5.74, 6) is -1.43. The van der Waals surface area contributed by atoms with Crippen molar-refractivity contribution in [2.24, 2.45) is 0 Å². The fraction of sp³-hybridized carbons (Fsp3) is 0.571. The highest BCUT2D eigenvalue weighted by Gasteiger charge is 2.33. The first-order valence-electron chi connectivity index (χ1n) is 6.35. The van der Waals surface area contributed by atoms with E-state index in [2.05, 4.69) is 12.2 Å². The highest BCUT2D eigenvalue weighted by Crippen LogP contribution is 2.29. The average Bonchev–Trinajstić information content (AvgIpc) is 2.74. The van der Waals surface area contributed by atoms with Gasteiger partial charge in [0.05, 0.1) is 0 Å². The Morgan fingerprint density at radius 1 is 1.35 bits per heavy atom. The van der Waals surface area contributed by atoms with Gasteiger partial charge in [0.25, 0.3) is 0 Å². The monoisotopic (exact) mass is 239 g/mol. The Morgan fingerprint density at radius 3 is 2.82 bits per heavy atom. The van der Waals surface area contributed by atoms with Crippen molar-refractivity contribution in [1.29, 1.82) is 0 Å². The molecule has 1 aliphatic heterocycles. The Hall–Kier alpha value is -0.960. The fourth-order valence-corrected chi connectivity index (χ4v) is 2.85. The lowest BCUT2D eigenvalue weighted by molar-refractivity contribution is 0.335. The number of hydrogen-bond donors (Lipinski definition) is 1. The van der Waals surface area contributed by atoms with Gasteiger partial charge in [-0.25, -0.2) is 8.78 Å². The van der Waals surface area contributed by atoms with Gasteiger partial charge in [-0.05, 0) is 43.9 Å². The van der Waals surface area contributed by atoms with Gasteiger partial charge in [-0.15, -0.1) is 0 Å². The van der Waals surface area contributed by atoms with Gasteiger partial charge in [0, 0.05) is 5.54 Å². The Morgan fingerprint density at radius 2 is 2.18 bits per heavy atom. The van der Waals surface area contributed by atoms with Crippen LogP contribution in [0.15, 0.2) is 18.2 Å². The van der Waals surface area contributed by atoms with Crippen LogP contribution in [0.5, 0.6) is 0 Å². The molecule has 2 rings (SSSR count). The Labute approximate surface area is 101 Å².